The fourth-order valence-corrected chi connectivity index (χ4v) is 2.12. The third-order valence-corrected chi connectivity index (χ3v) is 3.23. The first-order chi connectivity index (χ1) is 10.1. The average Bonchev–Trinajstić information content (AvgIpc) is 2.98. The van der Waals surface area contributed by atoms with E-state index in [0.29, 0.717) is 10.8 Å². The summed E-state index contributed by atoms with van der Waals surface area (Å²) >= 11 is 6.09. The molecule has 0 aliphatic rings. The van der Waals surface area contributed by atoms with Gasteiger partial charge in [-0.05, 0) is 18.6 Å². The lowest BCUT2D eigenvalue weighted by atomic mass is 10.1. The SMILES string of the molecule is CC(NC(=O)/C(C#N)=C/c1ncc[nH]1)c1ccccc1Cl. The molecule has 5 nitrogen and oxygen atoms in total. The van der Waals surface area contributed by atoms with E-state index in [1.165, 1.54) is 6.08 Å². The van der Waals surface area contributed by atoms with Crippen molar-refractivity contribution in [3.05, 3.63) is 58.6 Å². The Morgan fingerprint density at radius 3 is 2.90 bits per heavy atom. The fraction of sp³-hybridized carbons (Fsp3) is 0.133. The molecule has 0 fully saturated rings. The van der Waals surface area contributed by atoms with Gasteiger partial charge < -0.3 is 10.3 Å². The average molecular weight is 301 g/mol. The number of benzene rings is 1. The minimum Gasteiger partial charge on any atom is -0.345 e. The molecule has 106 valence electrons. The van der Waals surface area contributed by atoms with E-state index in [4.69, 9.17) is 16.9 Å². The van der Waals surface area contributed by atoms with E-state index in [0.717, 1.165) is 5.56 Å². The van der Waals surface area contributed by atoms with Gasteiger partial charge in [-0.1, -0.05) is 29.8 Å². The van der Waals surface area contributed by atoms with E-state index in [1.807, 2.05) is 24.3 Å². The lowest BCUT2D eigenvalue weighted by Gasteiger charge is -2.15. The van der Waals surface area contributed by atoms with Gasteiger partial charge in [-0.2, -0.15) is 5.26 Å². The summed E-state index contributed by atoms with van der Waals surface area (Å²) in [5.41, 5.74) is 0.770. The van der Waals surface area contributed by atoms with E-state index in [1.54, 1.807) is 25.4 Å². The van der Waals surface area contributed by atoms with Gasteiger partial charge in [0, 0.05) is 23.5 Å². The van der Waals surface area contributed by atoms with Crippen molar-refractivity contribution < 1.29 is 4.79 Å². The number of nitrogens with one attached hydrogen (secondary N) is 2. The number of hydrogen-bond acceptors (Lipinski definition) is 3. The first-order valence-electron chi connectivity index (χ1n) is 6.28. The number of nitriles is 1. The number of rotatable bonds is 4. The summed E-state index contributed by atoms with van der Waals surface area (Å²) in [6.45, 7) is 1.81. The minimum absolute atomic E-state index is 0.0242. The summed E-state index contributed by atoms with van der Waals surface area (Å²) in [7, 11) is 0. The van der Waals surface area contributed by atoms with Gasteiger partial charge in [0.05, 0.1) is 6.04 Å². The number of imidazole rings is 1. The standard InChI is InChI=1S/C15H13ClN4O/c1-10(12-4-2-3-5-13(12)16)20-15(21)11(9-17)8-14-18-6-7-19-14/h2-8,10H,1H3,(H,18,19)(H,20,21)/b11-8+. The Morgan fingerprint density at radius 2 is 2.29 bits per heavy atom. The number of carbonyl (C=O) groups is 1. The van der Waals surface area contributed by atoms with Crippen LogP contribution in [0.5, 0.6) is 0 Å². The predicted molar refractivity (Wildman–Crippen MR) is 80.2 cm³/mol. The highest BCUT2D eigenvalue weighted by Crippen LogP contribution is 2.22. The van der Waals surface area contributed by atoms with Gasteiger partial charge >= 0.3 is 0 Å². The highest BCUT2D eigenvalue weighted by atomic mass is 35.5. The number of amides is 1. The van der Waals surface area contributed by atoms with Crippen molar-refractivity contribution in [2.45, 2.75) is 13.0 Å². The van der Waals surface area contributed by atoms with Crippen LogP contribution in [0.1, 0.15) is 24.4 Å². The third-order valence-electron chi connectivity index (χ3n) is 2.88. The van der Waals surface area contributed by atoms with Crippen molar-refractivity contribution in [1.82, 2.24) is 15.3 Å². The van der Waals surface area contributed by atoms with E-state index in [2.05, 4.69) is 15.3 Å². The van der Waals surface area contributed by atoms with Crippen molar-refractivity contribution in [2.75, 3.05) is 0 Å². The molecule has 1 atom stereocenters. The Hall–Kier alpha value is -2.58. The topological polar surface area (TPSA) is 81.6 Å². The van der Waals surface area contributed by atoms with Crippen LogP contribution < -0.4 is 5.32 Å². The second-order valence-corrected chi connectivity index (χ2v) is 4.77. The molecule has 0 aliphatic carbocycles. The molecule has 1 heterocycles. The van der Waals surface area contributed by atoms with E-state index in [-0.39, 0.29) is 11.6 Å². The number of carbonyl (C=O) groups excluding carboxylic acids is 1. The van der Waals surface area contributed by atoms with Crippen LogP contribution in [-0.2, 0) is 4.79 Å². The molecular weight excluding hydrogens is 288 g/mol. The highest BCUT2D eigenvalue weighted by Gasteiger charge is 2.15. The Labute approximate surface area is 127 Å². The molecule has 0 saturated heterocycles. The maximum Gasteiger partial charge on any atom is 0.262 e. The molecule has 0 spiro atoms. The number of nitrogens with zero attached hydrogens (tertiary/aromatic N) is 2. The van der Waals surface area contributed by atoms with Gasteiger partial charge in [0.25, 0.3) is 5.91 Å². The summed E-state index contributed by atoms with van der Waals surface area (Å²) in [6.07, 6.45) is 4.56. The Balaban J connectivity index is 2.14. The molecule has 1 aromatic heterocycles. The van der Waals surface area contributed by atoms with Gasteiger partial charge in [0.15, 0.2) is 0 Å². The van der Waals surface area contributed by atoms with E-state index in [9.17, 15) is 4.79 Å². The number of aromatic amines is 1. The summed E-state index contributed by atoms with van der Waals surface area (Å²) in [5.74, 6) is -0.0200. The van der Waals surface area contributed by atoms with Crippen LogP contribution in [0.4, 0.5) is 0 Å². The zero-order valence-electron chi connectivity index (χ0n) is 11.3. The normalized spacial score (nSPS) is 12.5. The van der Waals surface area contributed by atoms with Crippen molar-refractivity contribution in [3.63, 3.8) is 0 Å². The summed E-state index contributed by atoms with van der Waals surface area (Å²) in [4.78, 5) is 18.9. The van der Waals surface area contributed by atoms with Crippen molar-refractivity contribution in [2.24, 2.45) is 0 Å². The lowest BCUT2D eigenvalue weighted by molar-refractivity contribution is -0.117. The number of hydrogen-bond donors (Lipinski definition) is 2. The fourth-order valence-electron chi connectivity index (χ4n) is 1.82. The van der Waals surface area contributed by atoms with Crippen molar-refractivity contribution in [1.29, 1.82) is 5.26 Å². The molecule has 0 bridgehead atoms. The molecule has 21 heavy (non-hydrogen) atoms. The molecular formula is C15H13ClN4O. The van der Waals surface area contributed by atoms with E-state index < -0.39 is 5.91 Å². The highest BCUT2D eigenvalue weighted by molar-refractivity contribution is 6.31. The molecule has 0 aliphatic heterocycles. The van der Waals surface area contributed by atoms with Gasteiger partial charge in [-0.25, -0.2) is 4.98 Å². The maximum atomic E-state index is 12.1. The van der Waals surface area contributed by atoms with Crippen LogP contribution in [0.15, 0.2) is 42.2 Å². The largest absolute Gasteiger partial charge is 0.345 e. The number of halogens is 1. The molecule has 1 amide bonds. The summed E-state index contributed by atoms with van der Waals surface area (Å²) in [6, 6.07) is 8.80. The second-order valence-electron chi connectivity index (χ2n) is 4.36. The van der Waals surface area contributed by atoms with Gasteiger partial charge in [0.2, 0.25) is 0 Å². The second kappa shape index (κ2) is 6.73. The van der Waals surface area contributed by atoms with Crippen molar-refractivity contribution >= 4 is 23.6 Å². The Morgan fingerprint density at radius 1 is 1.52 bits per heavy atom. The summed E-state index contributed by atoms with van der Waals surface area (Å²) < 4.78 is 0. The van der Waals surface area contributed by atoms with Crippen LogP contribution in [0, 0.1) is 11.3 Å². The molecule has 2 N–H and O–H groups in total. The molecule has 1 aromatic carbocycles. The monoisotopic (exact) mass is 300 g/mol. The Bertz CT molecular complexity index is 701. The molecule has 0 radical (unpaired) electrons. The van der Waals surface area contributed by atoms with Gasteiger partial charge in [0.1, 0.15) is 17.5 Å². The zero-order valence-corrected chi connectivity index (χ0v) is 12.1. The first-order valence-corrected chi connectivity index (χ1v) is 6.66. The van der Waals surface area contributed by atoms with Crippen LogP contribution in [0.2, 0.25) is 5.02 Å². The minimum atomic E-state index is -0.471. The summed E-state index contributed by atoms with van der Waals surface area (Å²) in [5, 5.41) is 12.4. The third kappa shape index (κ3) is 3.71. The van der Waals surface area contributed by atoms with Gasteiger partial charge in [-0.3, -0.25) is 4.79 Å². The van der Waals surface area contributed by atoms with Crippen LogP contribution in [0.3, 0.4) is 0 Å². The molecule has 6 heteroatoms. The van der Waals surface area contributed by atoms with Crippen molar-refractivity contribution in [3.8, 4) is 6.07 Å². The Kier molecular flexibility index (Phi) is 4.75. The van der Waals surface area contributed by atoms with Crippen LogP contribution in [0.25, 0.3) is 6.08 Å². The van der Waals surface area contributed by atoms with E-state index >= 15 is 0 Å². The molecule has 2 rings (SSSR count). The van der Waals surface area contributed by atoms with Gasteiger partial charge in [-0.15, -0.1) is 0 Å². The predicted octanol–water partition coefficient (Wildman–Crippen LogP) is 2.85. The number of H-pyrrole nitrogens is 1. The molecule has 1 unspecified atom stereocenters. The first kappa shape index (κ1) is 14.8. The van der Waals surface area contributed by atoms with Crippen LogP contribution in [-0.4, -0.2) is 15.9 Å². The molecule has 2 aromatic rings. The molecule has 0 saturated carbocycles. The smallest absolute Gasteiger partial charge is 0.262 e. The quantitative estimate of drug-likeness (QED) is 0.673. The van der Waals surface area contributed by atoms with Crippen LogP contribution >= 0.6 is 11.6 Å². The number of aromatic nitrogens is 2. The lowest BCUT2D eigenvalue weighted by Crippen LogP contribution is -2.27. The zero-order chi connectivity index (χ0) is 15.2. The maximum absolute atomic E-state index is 12.1.